The standard InChI is InChI=1S/C13H9ClN2O2/c1-16-7-15-6-10(16)13(17)12-5-8-4-9(14)2-3-11(8)18-12/h2-7H,1H3. The summed E-state index contributed by atoms with van der Waals surface area (Å²) < 4.78 is 7.17. The molecule has 0 fully saturated rings. The fraction of sp³-hybridized carbons (Fsp3) is 0.0769. The highest BCUT2D eigenvalue weighted by molar-refractivity contribution is 6.31. The van der Waals surface area contributed by atoms with Gasteiger partial charge in [0.2, 0.25) is 5.78 Å². The molecule has 0 bridgehead atoms. The molecule has 0 aliphatic carbocycles. The van der Waals surface area contributed by atoms with Crippen molar-refractivity contribution < 1.29 is 9.21 Å². The van der Waals surface area contributed by atoms with E-state index in [-0.39, 0.29) is 11.5 Å². The maximum Gasteiger partial charge on any atom is 0.246 e. The van der Waals surface area contributed by atoms with Gasteiger partial charge in [-0.2, -0.15) is 0 Å². The zero-order valence-corrected chi connectivity index (χ0v) is 10.3. The van der Waals surface area contributed by atoms with Gasteiger partial charge in [0.1, 0.15) is 11.3 Å². The van der Waals surface area contributed by atoms with E-state index in [0.717, 1.165) is 5.39 Å². The van der Waals surface area contributed by atoms with E-state index in [1.807, 2.05) is 0 Å². The Bertz CT molecular complexity index is 742. The predicted octanol–water partition coefficient (Wildman–Crippen LogP) is 3.05. The summed E-state index contributed by atoms with van der Waals surface area (Å²) in [5, 5.41) is 1.43. The zero-order chi connectivity index (χ0) is 12.7. The zero-order valence-electron chi connectivity index (χ0n) is 9.55. The van der Waals surface area contributed by atoms with Gasteiger partial charge in [0.15, 0.2) is 5.76 Å². The number of halogens is 1. The number of carbonyl (C=O) groups excluding carboxylic acids is 1. The Hall–Kier alpha value is -2.07. The molecule has 3 aromatic rings. The lowest BCUT2D eigenvalue weighted by Gasteiger charge is -1.97. The molecule has 0 N–H and O–H groups in total. The van der Waals surface area contributed by atoms with E-state index in [9.17, 15) is 4.79 Å². The SMILES string of the molecule is Cn1cncc1C(=O)c1cc2cc(Cl)ccc2o1. The van der Waals surface area contributed by atoms with Crippen LogP contribution in [0.4, 0.5) is 0 Å². The lowest BCUT2D eigenvalue weighted by molar-refractivity contribution is 0.100. The number of furan rings is 1. The van der Waals surface area contributed by atoms with Crippen molar-refractivity contribution in [1.82, 2.24) is 9.55 Å². The second-order valence-electron chi connectivity index (χ2n) is 4.01. The van der Waals surface area contributed by atoms with Crippen LogP contribution in [-0.2, 0) is 7.05 Å². The minimum Gasteiger partial charge on any atom is -0.453 e. The van der Waals surface area contributed by atoms with Gasteiger partial charge >= 0.3 is 0 Å². The number of carbonyl (C=O) groups is 1. The summed E-state index contributed by atoms with van der Waals surface area (Å²) in [6.45, 7) is 0. The molecule has 1 aromatic carbocycles. The van der Waals surface area contributed by atoms with Gasteiger partial charge in [-0.1, -0.05) is 11.6 Å². The van der Waals surface area contributed by atoms with Crippen molar-refractivity contribution in [2.75, 3.05) is 0 Å². The maximum atomic E-state index is 12.2. The molecule has 0 radical (unpaired) electrons. The topological polar surface area (TPSA) is 48.0 Å². The highest BCUT2D eigenvalue weighted by atomic mass is 35.5. The van der Waals surface area contributed by atoms with Crippen molar-refractivity contribution in [1.29, 1.82) is 0 Å². The average molecular weight is 261 g/mol. The molecule has 0 saturated heterocycles. The lowest BCUT2D eigenvalue weighted by atomic mass is 10.2. The van der Waals surface area contributed by atoms with Crippen LogP contribution in [0, 0.1) is 0 Å². The summed E-state index contributed by atoms with van der Waals surface area (Å²) in [6, 6.07) is 6.93. The summed E-state index contributed by atoms with van der Waals surface area (Å²) in [6.07, 6.45) is 3.09. The number of hydrogen-bond donors (Lipinski definition) is 0. The lowest BCUT2D eigenvalue weighted by Crippen LogP contribution is -2.05. The van der Waals surface area contributed by atoms with E-state index in [1.54, 1.807) is 42.2 Å². The summed E-state index contributed by atoms with van der Waals surface area (Å²) >= 11 is 5.89. The Labute approximate surface area is 108 Å². The number of nitrogens with zero attached hydrogens (tertiary/aromatic N) is 2. The van der Waals surface area contributed by atoms with E-state index < -0.39 is 0 Å². The van der Waals surface area contributed by atoms with Gasteiger partial charge in [-0.3, -0.25) is 4.79 Å². The Morgan fingerprint density at radius 1 is 1.39 bits per heavy atom. The molecule has 0 unspecified atom stereocenters. The van der Waals surface area contributed by atoms with Crippen molar-refractivity contribution in [3.05, 3.63) is 53.3 Å². The summed E-state index contributed by atoms with van der Waals surface area (Å²) in [4.78, 5) is 16.1. The average Bonchev–Trinajstić information content (AvgIpc) is 2.93. The first-order chi connectivity index (χ1) is 8.65. The van der Waals surface area contributed by atoms with E-state index in [1.165, 1.54) is 6.20 Å². The Kier molecular flexibility index (Phi) is 2.45. The minimum absolute atomic E-state index is 0.192. The van der Waals surface area contributed by atoms with Crippen LogP contribution in [0.2, 0.25) is 5.02 Å². The highest BCUT2D eigenvalue weighted by Crippen LogP contribution is 2.24. The summed E-state index contributed by atoms with van der Waals surface area (Å²) in [5.41, 5.74) is 1.13. The van der Waals surface area contributed by atoms with Gasteiger partial charge in [0.25, 0.3) is 0 Å². The molecule has 2 aromatic heterocycles. The third-order valence-corrected chi connectivity index (χ3v) is 2.99. The second-order valence-corrected chi connectivity index (χ2v) is 4.45. The summed E-state index contributed by atoms with van der Waals surface area (Å²) in [5.74, 6) is 0.0955. The molecule has 0 aliphatic rings. The molecule has 5 heteroatoms. The number of aromatic nitrogens is 2. The maximum absolute atomic E-state index is 12.2. The quantitative estimate of drug-likeness (QED) is 0.666. The van der Waals surface area contributed by atoms with Crippen molar-refractivity contribution in [3.63, 3.8) is 0 Å². The van der Waals surface area contributed by atoms with E-state index in [2.05, 4.69) is 4.98 Å². The first-order valence-corrected chi connectivity index (χ1v) is 5.73. The number of fused-ring (bicyclic) bond motifs is 1. The Balaban J connectivity index is 2.10. The van der Waals surface area contributed by atoms with Crippen LogP contribution < -0.4 is 0 Å². The van der Waals surface area contributed by atoms with E-state index >= 15 is 0 Å². The molecule has 3 rings (SSSR count). The van der Waals surface area contributed by atoms with Crippen molar-refractivity contribution in [3.8, 4) is 0 Å². The molecule has 18 heavy (non-hydrogen) atoms. The number of hydrogen-bond acceptors (Lipinski definition) is 3. The van der Waals surface area contributed by atoms with Gasteiger partial charge in [0.05, 0.1) is 12.5 Å². The molecule has 0 atom stereocenters. The van der Waals surface area contributed by atoms with Gasteiger partial charge in [0, 0.05) is 17.5 Å². The van der Waals surface area contributed by atoms with Crippen LogP contribution in [-0.4, -0.2) is 15.3 Å². The van der Waals surface area contributed by atoms with E-state index in [4.69, 9.17) is 16.0 Å². The third kappa shape index (κ3) is 1.71. The molecule has 4 nitrogen and oxygen atoms in total. The first-order valence-electron chi connectivity index (χ1n) is 5.35. The molecular formula is C13H9ClN2O2. The van der Waals surface area contributed by atoms with Crippen LogP contribution in [0.3, 0.4) is 0 Å². The number of ketones is 1. The molecule has 0 saturated carbocycles. The first kappa shape index (κ1) is 11.0. The van der Waals surface area contributed by atoms with Crippen molar-refractivity contribution in [2.24, 2.45) is 7.05 Å². The molecule has 2 heterocycles. The predicted molar refractivity (Wildman–Crippen MR) is 67.9 cm³/mol. The Morgan fingerprint density at radius 2 is 2.22 bits per heavy atom. The van der Waals surface area contributed by atoms with Crippen molar-refractivity contribution in [2.45, 2.75) is 0 Å². The number of imidazole rings is 1. The number of benzene rings is 1. The van der Waals surface area contributed by atoms with Gasteiger partial charge in [-0.05, 0) is 24.3 Å². The molecule has 0 spiro atoms. The minimum atomic E-state index is -0.192. The van der Waals surface area contributed by atoms with Crippen LogP contribution >= 0.6 is 11.6 Å². The number of rotatable bonds is 2. The molecular weight excluding hydrogens is 252 g/mol. The third-order valence-electron chi connectivity index (χ3n) is 2.75. The smallest absolute Gasteiger partial charge is 0.246 e. The molecule has 0 amide bonds. The van der Waals surface area contributed by atoms with Crippen LogP contribution in [0.25, 0.3) is 11.0 Å². The normalized spacial score (nSPS) is 11.0. The van der Waals surface area contributed by atoms with Crippen molar-refractivity contribution >= 4 is 28.4 Å². The van der Waals surface area contributed by atoms with Gasteiger partial charge in [-0.15, -0.1) is 0 Å². The van der Waals surface area contributed by atoms with Crippen LogP contribution in [0.5, 0.6) is 0 Å². The van der Waals surface area contributed by atoms with Gasteiger partial charge < -0.3 is 8.98 Å². The fourth-order valence-electron chi connectivity index (χ4n) is 1.83. The largest absolute Gasteiger partial charge is 0.453 e. The van der Waals surface area contributed by atoms with Crippen LogP contribution in [0.15, 0.2) is 41.2 Å². The molecule has 90 valence electrons. The van der Waals surface area contributed by atoms with Gasteiger partial charge in [-0.25, -0.2) is 4.98 Å². The highest BCUT2D eigenvalue weighted by Gasteiger charge is 2.17. The van der Waals surface area contributed by atoms with Crippen LogP contribution in [0.1, 0.15) is 16.2 Å². The summed E-state index contributed by atoms with van der Waals surface area (Å²) in [7, 11) is 1.76. The second kappa shape index (κ2) is 3.99. The monoisotopic (exact) mass is 260 g/mol. The molecule has 0 aliphatic heterocycles. The fourth-order valence-corrected chi connectivity index (χ4v) is 2.01. The number of aryl methyl sites for hydroxylation is 1. The Morgan fingerprint density at radius 3 is 2.94 bits per heavy atom. The van der Waals surface area contributed by atoms with E-state index in [0.29, 0.717) is 16.3 Å².